The molecule has 0 aliphatic heterocycles. The standard InChI is InChI=1S/C12H16F3N5/c1-8(2)20(6-4-5-16)10-7-9(12(13,14)15)18-11(17-3)19-10/h7-8H,4,6H2,1-3H3,(H,17,18,19). The van der Waals surface area contributed by atoms with Gasteiger partial charge in [0.25, 0.3) is 0 Å². The third-order valence-electron chi connectivity index (χ3n) is 2.61. The molecule has 0 aliphatic carbocycles. The van der Waals surface area contributed by atoms with E-state index in [4.69, 9.17) is 5.26 Å². The van der Waals surface area contributed by atoms with Crippen LogP contribution >= 0.6 is 0 Å². The van der Waals surface area contributed by atoms with Gasteiger partial charge in [-0.05, 0) is 13.8 Å². The molecule has 0 saturated heterocycles. The minimum Gasteiger partial charge on any atom is -0.357 e. The number of rotatable bonds is 5. The Morgan fingerprint density at radius 1 is 1.40 bits per heavy atom. The summed E-state index contributed by atoms with van der Waals surface area (Å²) in [4.78, 5) is 9.08. The van der Waals surface area contributed by atoms with E-state index in [9.17, 15) is 13.2 Å². The molecule has 0 aliphatic rings. The lowest BCUT2D eigenvalue weighted by molar-refractivity contribution is -0.141. The zero-order chi connectivity index (χ0) is 15.3. The highest BCUT2D eigenvalue weighted by Crippen LogP contribution is 2.31. The molecular formula is C12H16F3N5. The fourth-order valence-corrected chi connectivity index (χ4v) is 1.65. The van der Waals surface area contributed by atoms with Crippen LogP contribution in [0.15, 0.2) is 6.07 Å². The van der Waals surface area contributed by atoms with E-state index in [0.717, 1.165) is 6.07 Å². The summed E-state index contributed by atoms with van der Waals surface area (Å²) in [6.07, 6.45) is -4.33. The SMILES string of the molecule is CNc1nc(N(CCC#N)C(C)C)cc(C(F)(F)F)n1. The number of nitriles is 1. The average Bonchev–Trinajstić information content (AvgIpc) is 2.37. The summed E-state index contributed by atoms with van der Waals surface area (Å²) in [7, 11) is 1.45. The Morgan fingerprint density at radius 2 is 2.05 bits per heavy atom. The molecule has 0 bridgehead atoms. The number of alkyl halides is 3. The van der Waals surface area contributed by atoms with Gasteiger partial charge in [0, 0.05) is 25.7 Å². The molecule has 0 fully saturated rings. The molecular weight excluding hydrogens is 271 g/mol. The van der Waals surface area contributed by atoms with Gasteiger partial charge in [-0.25, -0.2) is 4.98 Å². The first-order valence-electron chi connectivity index (χ1n) is 6.07. The predicted molar refractivity (Wildman–Crippen MR) is 69.3 cm³/mol. The first-order valence-corrected chi connectivity index (χ1v) is 6.07. The molecule has 1 aromatic rings. The zero-order valence-electron chi connectivity index (χ0n) is 11.5. The molecule has 0 aromatic carbocycles. The Bertz CT molecular complexity index is 493. The molecule has 8 heteroatoms. The van der Waals surface area contributed by atoms with E-state index in [1.165, 1.54) is 7.05 Å². The van der Waals surface area contributed by atoms with Crippen LogP contribution in [0.3, 0.4) is 0 Å². The molecule has 0 unspecified atom stereocenters. The van der Waals surface area contributed by atoms with Gasteiger partial charge in [0.15, 0.2) is 5.69 Å². The summed E-state index contributed by atoms with van der Waals surface area (Å²) in [5, 5.41) is 11.1. The highest BCUT2D eigenvalue weighted by Gasteiger charge is 2.34. The maximum absolute atomic E-state index is 12.8. The second-order valence-electron chi connectivity index (χ2n) is 4.38. The van der Waals surface area contributed by atoms with Crippen molar-refractivity contribution in [3.8, 4) is 6.07 Å². The van der Waals surface area contributed by atoms with E-state index in [1.807, 2.05) is 19.9 Å². The second kappa shape index (κ2) is 6.41. The zero-order valence-corrected chi connectivity index (χ0v) is 11.5. The van der Waals surface area contributed by atoms with Crippen LogP contribution < -0.4 is 10.2 Å². The number of nitrogens with zero attached hydrogens (tertiary/aromatic N) is 4. The monoisotopic (exact) mass is 287 g/mol. The van der Waals surface area contributed by atoms with Crippen LogP contribution in [-0.2, 0) is 6.18 Å². The summed E-state index contributed by atoms with van der Waals surface area (Å²) >= 11 is 0. The lowest BCUT2D eigenvalue weighted by Gasteiger charge is -2.27. The van der Waals surface area contributed by atoms with Crippen molar-refractivity contribution in [1.29, 1.82) is 5.26 Å². The molecule has 0 atom stereocenters. The van der Waals surface area contributed by atoms with Gasteiger partial charge in [-0.15, -0.1) is 0 Å². The van der Waals surface area contributed by atoms with Crippen LogP contribution in [0.5, 0.6) is 0 Å². The highest BCUT2D eigenvalue weighted by atomic mass is 19.4. The van der Waals surface area contributed by atoms with Crippen molar-refractivity contribution >= 4 is 11.8 Å². The van der Waals surface area contributed by atoms with E-state index < -0.39 is 11.9 Å². The van der Waals surface area contributed by atoms with Crippen LogP contribution in [0.1, 0.15) is 26.0 Å². The quantitative estimate of drug-likeness (QED) is 0.902. The van der Waals surface area contributed by atoms with Gasteiger partial charge in [-0.1, -0.05) is 0 Å². The van der Waals surface area contributed by atoms with Gasteiger partial charge in [0.2, 0.25) is 5.95 Å². The largest absolute Gasteiger partial charge is 0.433 e. The third kappa shape index (κ3) is 3.98. The summed E-state index contributed by atoms with van der Waals surface area (Å²) in [6, 6.07) is 2.79. The maximum atomic E-state index is 12.8. The van der Waals surface area contributed by atoms with Crippen molar-refractivity contribution in [2.45, 2.75) is 32.5 Å². The molecule has 1 N–H and O–H groups in total. The smallest absolute Gasteiger partial charge is 0.357 e. The van der Waals surface area contributed by atoms with Gasteiger partial charge >= 0.3 is 6.18 Å². The van der Waals surface area contributed by atoms with Crippen molar-refractivity contribution < 1.29 is 13.2 Å². The van der Waals surface area contributed by atoms with E-state index in [0.29, 0.717) is 6.54 Å². The number of nitrogens with one attached hydrogen (secondary N) is 1. The number of hydrogen-bond acceptors (Lipinski definition) is 5. The molecule has 1 heterocycles. The Balaban J connectivity index is 3.24. The lowest BCUT2D eigenvalue weighted by Crippen LogP contribution is -2.33. The average molecular weight is 287 g/mol. The van der Waals surface area contributed by atoms with Crippen molar-refractivity contribution in [2.75, 3.05) is 23.8 Å². The minimum absolute atomic E-state index is 0.0796. The Labute approximate surface area is 115 Å². The molecule has 1 aromatic heterocycles. The molecule has 0 saturated carbocycles. The van der Waals surface area contributed by atoms with Crippen molar-refractivity contribution in [1.82, 2.24) is 9.97 Å². The van der Waals surface area contributed by atoms with Crippen LogP contribution in [0.2, 0.25) is 0 Å². The molecule has 0 radical (unpaired) electrons. The number of halogens is 3. The van der Waals surface area contributed by atoms with Crippen molar-refractivity contribution in [3.05, 3.63) is 11.8 Å². The van der Waals surface area contributed by atoms with Gasteiger partial charge < -0.3 is 10.2 Å². The normalized spacial score (nSPS) is 11.3. The van der Waals surface area contributed by atoms with Gasteiger partial charge in [0.1, 0.15) is 5.82 Å². The molecule has 1 rings (SSSR count). The fraction of sp³-hybridized carbons (Fsp3) is 0.583. The van der Waals surface area contributed by atoms with Crippen molar-refractivity contribution in [2.24, 2.45) is 0 Å². The first-order chi connectivity index (χ1) is 9.29. The second-order valence-corrected chi connectivity index (χ2v) is 4.38. The topological polar surface area (TPSA) is 64.8 Å². The Kier molecular flexibility index (Phi) is 5.13. The molecule has 20 heavy (non-hydrogen) atoms. The molecule has 0 spiro atoms. The maximum Gasteiger partial charge on any atom is 0.433 e. The first kappa shape index (κ1) is 16.0. The van der Waals surface area contributed by atoms with Gasteiger partial charge in [-0.2, -0.15) is 23.4 Å². The number of anilines is 2. The van der Waals surface area contributed by atoms with Crippen LogP contribution in [-0.4, -0.2) is 29.6 Å². The summed E-state index contributed by atoms with van der Waals surface area (Å²) in [5.74, 6) is 0.0550. The highest BCUT2D eigenvalue weighted by molar-refractivity contribution is 5.46. The molecule has 5 nitrogen and oxygen atoms in total. The fourth-order valence-electron chi connectivity index (χ4n) is 1.65. The Morgan fingerprint density at radius 3 is 2.50 bits per heavy atom. The van der Waals surface area contributed by atoms with Gasteiger partial charge in [0.05, 0.1) is 12.5 Å². The number of aromatic nitrogens is 2. The predicted octanol–water partition coefficient (Wildman–Crippen LogP) is 2.67. The van der Waals surface area contributed by atoms with Crippen LogP contribution in [0.25, 0.3) is 0 Å². The van der Waals surface area contributed by atoms with E-state index >= 15 is 0 Å². The summed E-state index contributed by atoms with van der Waals surface area (Å²) in [6.45, 7) is 3.96. The van der Waals surface area contributed by atoms with Gasteiger partial charge in [-0.3, -0.25) is 0 Å². The lowest BCUT2D eigenvalue weighted by atomic mass is 10.2. The number of hydrogen-bond donors (Lipinski definition) is 1. The van der Waals surface area contributed by atoms with Crippen molar-refractivity contribution in [3.63, 3.8) is 0 Å². The molecule has 0 amide bonds. The van der Waals surface area contributed by atoms with Crippen LogP contribution in [0.4, 0.5) is 24.9 Å². The Hall–Kier alpha value is -2.04. The minimum atomic E-state index is -4.54. The van der Waals surface area contributed by atoms with E-state index in [2.05, 4.69) is 15.3 Å². The van der Waals surface area contributed by atoms with Crippen LogP contribution in [0, 0.1) is 11.3 Å². The van der Waals surface area contributed by atoms with E-state index in [-0.39, 0.29) is 24.2 Å². The summed E-state index contributed by atoms with van der Waals surface area (Å²) in [5.41, 5.74) is -1.01. The third-order valence-corrected chi connectivity index (χ3v) is 2.61. The van der Waals surface area contributed by atoms with E-state index in [1.54, 1.807) is 4.90 Å². The molecule has 110 valence electrons. The summed E-state index contributed by atoms with van der Waals surface area (Å²) < 4.78 is 38.4.